The van der Waals surface area contributed by atoms with Crippen LogP contribution in [0.4, 0.5) is 0 Å². The van der Waals surface area contributed by atoms with E-state index in [1.807, 2.05) is 47.0 Å². The molecule has 5 heteroatoms. The molecule has 3 rings (SSSR count). The van der Waals surface area contributed by atoms with Crippen LogP contribution in [0.3, 0.4) is 0 Å². The van der Waals surface area contributed by atoms with Crippen LogP contribution in [-0.4, -0.2) is 22.5 Å². The number of rotatable bonds is 4. The lowest BCUT2D eigenvalue weighted by molar-refractivity contribution is -0.648. The van der Waals surface area contributed by atoms with Gasteiger partial charge in [0, 0.05) is 6.20 Å². The zero-order chi connectivity index (χ0) is 14.7. The fourth-order valence-corrected chi connectivity index (χ4v) is 2.34. The van der Waals surface area contributed by atoms with Gasteiger partial charge in [-0.1, -0.05) is 18.2 Å². The number of hydrogen-bond acceptors (Lipinski definition) is 3. The van der Waals surface area contributed by atoms with Crippen molar-refractivity contribution in [3.8, 4) is 11.5 Å². The van der Waals surface area contributed by atoms with Crippen LogP contribution in [0.5, 0.6) is 0 Å². The number of aromatic nitrogens is 3. The number of pyridine rings is 1. The van der Waals surface area contributed by atoms with Crippen LogP contribution < -0.4 is 4.57 Å². The molecule has 0 atom stereocenters. The van der Waals surface area contributed by atoms with Crippen molar-refractivity contribution in [3.05, 3.63) is 48.7 Å². The Bertz CT molecular complexity index is 766. The van der Waals surface area contributed by atoms with Gasteiger partial charge in [0.25, 0.3) is 0 Å². The monoisotopic (exact) mass is 282 g/mol. The first-order chi connectivity index (χ1) is 10.3. The minimum atomic E-state index is -0.260. The fourth-order valence-electron chi connectivity index (χ4n) is 2.34. The highest BCUT2D eigenvalue weighted by Gasteiger charge is 2.23. The molecule has 2 heterocycles. The molecule has 0 bridgehead atoms. The number of fused-ring (bicyclic) bond motifs is 1. The van der Waals surface area contributed by atoms with Gasteiger partial charge < -0.3 is 4.74 Å². The summed E-state index contributed by atoms with van der Waals surface area (Å²) in [5, 5.41) is 0. The van der Waals surface area contributed by atoms with Crippen LogP contribution in [0.2, 0.25) is 0 Å². The van der Waals surface area contributed by atoms with Crippen LogP contribution in [-0.2, 0) is 16.1 Å². The van der Waals surface area contributed by atoms with Gasteiger partial charge in [-0.25, -0.2) is 19.3 Å². The summed E-state index contributed by atoms with van der Waals surface area (Å²) in [5.41, 5.74) is 2.70. The van der Waals surface area contributed by atoms with Crippen molar-refractivity contribution in [2.24, 2.45) is 0 Å². The number of imidazole rings is 1. The molecule has 0 unspecified atom stereocenters. The topological polar surface area (TPSA) is 58.9 Å². The number of hydrogen-bond donors (Lipinski definition) is 1. The van der Waals surface area contributed by atoms with E-state index in [1.165, 1.54) is 0 Å². The molecule has 0 saturated heterocycles. The van der Waals surface area contributed by atoms with Gasteiger partial charge in [0.15, 0.2) is 23.3 Å². The lowest BCUT2D eigenvalue weighted by Gasteiger charge is -2.02. The number of carbonyl (C=O) groups excluding carboxylic acids is 1. The van der Waals surface area contributed by atoms with E-state index in [9.17, 15) is 4.79 Å². The first kappa shape index (κ1) is 13.3. The molecular formula is C16H16N3O2+. The Morgan fingerprint density at radius 3 is 2.81 bits per heavy atom. The molecule has 0 aliphatic carbocycles. The lowest BCUT2D eigenvalue weighted by atomic mass is 10.3. The standard InChI is InChI=1S/C16H15N3O2/c1-2-21-15(20)11-19-14-9-4-3-7-12(14)18-16(19)13-8-5-6-10-17-13/h3-10H,2,11H2,1H3/p+1. The Morgan fingerprint density at radius 2 is 2.05 bits per heavy atom. The second-order valence-electron chi connectivity index (χ2n) is 4.60. The van der Waals surface area contributed by atoms with Gasteiger partial charge in [-0.15, -0.1) is 0 Å². The Kier molecular flexibility index (Phi) is 3.64. The average molecular weight is 282 g/mol. The molecule has 0 saturated carbocycles. The van der Waals surface area contributed by atoms with Gasteiger partial charge in [-0.2, -0.15) is 0 Å². The molecule has 21 heavy (non-hydrogen) atoms. The maximum atomic E-state index is 11.9. The Morgan fingerprint density at radius 1 is 1.24 bits per heavy atom. The number of para-hydroxylation sites is 2. The quantitative estimate of drug-likeness (QED) is 0.589. The van der Waals surface area contributed by atoms with Gasteiger partial charge in [0.05, 0.1) is 6.61 Å². The highest BCUT2D eigenvalue weighted by Crippen LogP contribution is 2.16. The van der Waals surface area contributed by atoms with Crippen molar-refractivity contribution in [2.75, 3.05) is 6.61 Å². The molecule has 5 nitrogen and oxygen atoms in total. The van der Waals surface area contributed by atoms with Gasteiger partial charge >= 0.3 is 11.8 Å². The van der Waals surface area contributed by atoms with Crippen LogP contribution in [0, 0.1) is 0 Å². The van der Waals surface area contributed by atoms with Gasteiger partial charge in [-0.3, -0.25) is 0 Å². The van der Waals surface area contributed by atoms with E-state index in [-0.39, 0.29) is 12.5 Å². The van der Waals surface area contributed by atoms with Crippen molar-refractivity contribution in [2.45, 2.75) is 13.5 Å². The maximum Gasteiger partial charge on any atom is 0.348 e. The lowest BCUT2D eigenvalue weighted by Crippen LogP contribution is -2.40. The van der Waals surface area contributed by atoms with Gasteiger partial charge in [-0.05, 0) is 31.2 Å². The van der Waals surface area contributed by atoms with Gasteiger partial charge in [0.1, 0.15) is 0 Å². The van der Waals surface area contributed by atoms with Crippen LogP contribution in [0.15, 0.2) is 48.7 Å². The number of nitrogens with zero attached hydrogens (tertiary/aromatic N) is 2. The third-order valence-electron chi connectivity index (χ3n) is 3.22. The van der Waals surface area contributed by atoms with Crippen molar-refractivity contribution < 1.29 is 14.1 Å². The number of benzene rings is 1. The Balaban J connectivity index is 2.12. The minimum absolute atomic E-state index is 0.157. The number of aromatic amines is 1. The fraction of sp³-hybridized carbons (Fsp3) is 0.188. The Hall–Kier alpha value is -2.69. The summed E-state index contributed by atoms with van der Waals surface area (Å²) >= 11 is 0. The summed E-state index contributed by atoms with van der Waals surface area (Å²) in [6.45, 7) is 2.34. The molecule has 0 aliphatic rings. The molecule has 0 aliphatic heterocycles. The number of esters is 1. The summed E-state index contributed by atoms with van der Waals surface area (Å²) in [7, 11) is 0. The van der Waals surface area contributed by atoms with E-state index in [0.29, 0.717) is 6.61 Å². The highest BCUT2D eigenvalue weighted by molar-refractivity contribution is 5.75. The average Bonchev–Trinajstić information content (AvgIpc) is 2.87. The van der Waals surface area contributed by atoms with E-state index in [1.54, 1.807) is 13.1 Å². The summed E-state index contributed by atoms with van der Waals surface area (Å²) in [4.78, 5) is 19.5. The second-order valence-corrected chi connectivity index (χ2v) is 4.60. The van der Waals surface area contributed by atoms with Crippen molar-refractivity contribution in [3.63, 3.8) is 0 Å². The number of ether oxygens (including phenoxy) is 1. The van der Waals surface area contributed by atoms with E-state index >= 15 is 0 Å². The zero-order valence-corrected chi connectivity index (χ0v) is 11.7. The first-order valence-corrected chi connectivity index (χ1v) is 6.87. The molecule has 1 aromatic carbocycles. The SMILES string of the molecule is CCOC(=O)C[n+]1c(-c2ccccn2)[nH]c2ccccc21. The normalized spacial score (nSPS) is 10.7. The second kappa shape index (κ2) is 5.75. The summed E-state index contributed by atoms with van der Waals surface area (Å²) in [6.07, 6.45) is 1.73. The van der Waals surface area contributed by atoms with Crippen LogP contribution in [0.25, 0.3) is 22.6 Å². The van der Waals surface area contributed by atoms with Crippen molar-refractivity contribution >= 4 is 17.0 Å². The van der Waals surface area contributed by atoms with E-state index in [4.69, 9.17) is 4.74 Å². The molecule has 2 aromatic heterocycles. The first-order valence-electron chi connectivity index (χ1n) is 6.87. The summed E-state index contributed by atoms with van der Waals surface area (Å²) < 4.78 is 6.96. The van der Waals surface area contributed by atoms with E-state index in [2.05, 4.69) is 9.97 Å². The predicted octanol–water partition coefficient (Wildman–Crippen LogP) is 2.08. The Labute approximate surface area is 122 Å². The van der Waals surface area contributed by atoms with Crippen LogP contribution >= 0.6 is 0 Å². The van der Waals surface area contributed by atoms with E-state index in [0.717, 1.165) is 22.6 Å². The molecule has 0 amide bonds. The van der Waals surface area contributed by atoms with Crippen LogP contribution in [0.1, 0.15) is 6.92 Å². The number of H-pyrrole nitrogens is 1. The van der Waals surface area contributed by atoms with Gasteiger partial charge in [0.2, 0.25) is 0 Å². The summed E-state index contributed by atoms with van der Waals surface area (Å²) in [6, 6.07) is 13.5. The molecule has 3 aromatic rings. The highest BCUT2D eigenvalue weighted by atomic mass is 16.5. The maximum absolute atomic E-state index is 11.9. The minimum Gasteiger partial charge on any atom is -0.463 e. The molecule has 0 radical (unpaired) electrons. The summed E-state index contributed by atoms with van der Waals surface area (Å²) in [5.74, 6) is 0.536. The van der Waals surface area contributed by atoms with Crippen molar-refractivity contribution in [1.82, 2.24) is 9.97 Å². The largest absolute Gasteiger partial charge is 0.463 e. The van der Waals surface area contributed by atoms with Crippen molar-refractivity contribution in [1.29, 1.82) is 0 Å². The number of nitrogens with one attached hydrogen (secondary N) is 1. The molecule has 0 fully saturated rings. The predicted molar refractivity (Wildman–Crippen MR) is 78.4 cm³/mol. The molecule has 1 N–H and O–H groups in total. The third-order valence-corrected chi connectivity index (χ3v) is 3.22. The smallest absolute Gasteiger partial charge is 0.348 e. The zero-order valence-electron chi connectivity index (χ0n) is 11.7. The molecule has 106 valence electrons. The third kappa shape index (κ3) is 2.63. The van der Waals surface area contributed by atoms with E-state index < -0.39 is 0 Å². The molecular weight excluding hydrogens is 266 g/mol. The molecule has 0 spiro atoms. The number of carbonyl (C=O) groups is 1.